The summed E-state index contributed by atoms with van der Waals surface area (Å²) in [6.45, 7) is 0.248. The molecule has 1 aromatic carbocycles. The van der Waals surface area contributed by atoms with Gasteiger partial charge >= 0.3 is 6.18 Å². The van der Waals surface area contributed by atoms with Gasteiger partial charge in [0.25, 0.3) is 0 Å². The van der Waals surface area contributed by atoms with Crippen LogP contribution in [0.4, 0.5) is 18.9 Å². The number of rotatable bonds is 4. The Morgan fingerprint density at radius 1 is 1.15 bits per heavy atom. The lowest BCUT2D eigenvalue weighted by Gasteiger charge is -2.12. The van der Waals surface area contributed by atoms with E-state index < -0.39 is 11.7 Å². The van der Waals surface area contributed by atoms with Crippen LogP contribution in [-0.4, -0.2) is 11.6 Å². The molecule has 0 atom stereocenters. The number of ether oxygens (including phenoxy) is 1. The van der Waals surface area contributed by atoms with Crippen LogP contribution in [0.5, 0.6) is 5.75 Å². The summed E-state index contributed by atoms with van der Waals surface area (Å²) < 4.78 is 43.3. The zero-order valence-corrected chi connectivity index (χ0v) is 10.5. The summed E-state index contributed by atoms with van der Waals surface area (Å²) in [5, 5.41) is 0. The Labute approximate surface area is 114 Å². The molecular weight excluding hydrogens is 269 g/mol. The first-order valence-corrected chi connectivity index (χ1v) is 5.96. The van der Waals surface area contributed by atoms with Gasteiger partial charge in [-0.1, -0.05) is 6.07 Å². The van der Waals surface area contributed by atoms with Gasteiger partial charge in [0.2, 0.25) is 0 Å². The fraction of sp³-hybridized carbons (Fsp3) is 0.214. The number of benzene rings is 1. The molecule has 2 aromatic rings. The van der Waals surface area contributed by atoms with E-state index in [2.05, 4.69) is 4.98 Å². The molecule has 0 bridgehead atoms. The molecule has 0 aliphatic rings. The van der Waals surface area contributed by atoms with Gasteiger partial charge in [-0.15, -0.1) is 0 Å². The number of pyridine rings is 1. The molecule has 0 spiro atoms. The van der Waals surface area contributed by atoms with Crippen molar-refractivity contribution in [2.75, 3.05) is 12.3 Å². The molecule has 0 amide bonds. The molecule has 0 fully saturated rings. The second-order valence-electron chi connectivity index (χ2n) is 4.17. The van der Waals surface area contributed by atoms with Crippen LogP contribution in [0.15, 0.2) is 42.6 Å². The zero-order valence-electron chi connectivity index (χ0n) is 10.5. The summed E-state index contributed by atoms with van der Waals surface area (Å²) in [6, 6.07) is 8.98. The van der Waals surface area contributed by atoms with Crippen LogP contribution in [0.25, 0.3) is 0 Å². The smallest absolute Gasteiger partial charge is 0.418 e. The van der Waals surface area contributed by atoms with Gasteiger partial charge in [0.05, 0.1) is 12.2 Å². The number of nitrogens with zero attached hydrogens (tertiary/aromatic N) is 1. The molecule has 106 valence electrons. The van der Waals surface area contributed by atoms with Gasteiger partial charge in [-0.2, -0.15) is 13.2 Å². The maximum absolute atomic E-state index is 12.7. The molecule has 0 aliphatic carbocycles. The Hall–Kier alpha value is -2.24. The van der Waals surface area contributed by atoms with E-state index in [-0.39, 0.29) is 18.0 Å². The van der Waals surface area contributed by atoms with Crippen LogP contribution >= 0.6 is 0 Å². The van der Waals surface area contributed by atoms with Crippen molar-refractivity contribution >= 4 is 5.69 Å². The Kier molecular flexibility index (Phi) is 4.12. The minimum atomic E-state index is -4.48. The molecule has 0 aliphatic heterocycles. The normalized spacial score (nSPS) is 11.3. The SMILES string of the molecule is Nc1ccc(OCCc2ccccn2)cc1C(F)(F)F. The zero-order chi connectivity index (χ0) is 14.6. The third-order valence-electron chi connectivity index (χ3n) is 2.68. The summed E-state index contributed by atoms with van der Waals surface area (Å²) in [5.74, 6) is 0.141. The second kappa shape index (κ2) is 5.81. The van der Waals surface area contributed by atoms with Crippen molar-refractivity contribution in [1.82, 2.24) is 4.98 Å². The van der Waals surface area contributed by atoms with Crippen LogP contribution in [0.3, 0.4) is 0 Å². The largest absolute Gasteiger partial charge is 0.493 e. The van der Waals surface area contributed by atoms with Gasteiger partial charge in [-0.25, -0.2) is 0 Å². The maximum Gasteiger partial charge on any atom is 0.418 e. The average molecular weight is 282 g/mol. The van der Waals surface area contributed by atoms with Crippen molar-refractivity contribution in [3.63, 3.8) is 0 Å². The first-order valence-electron chi connectivity index (χ1n) is 5.96. The lowest BCUT2D eigenvalue weighted by atomic mass is 10.1. The Balaban J connectivity index is 2.00. The number of alkyl halides is 3. The molecule has 0 radical (unpaired) electrons. The minimum Gasteiger partial charge on any atom is -0.493 e. The molecule has 0 unspecified atom stereocenters. The fourth-order valence-electron chi connectivity index (χ4n) is 1.69. The highest BCUT2D eigenvalue weighted by atomic mass is 19.4. The first kappa shape index (κ1) is 14.2. The standard InChI is InChI=1S/C14H13F3N2O/c15-14(16,17)12-9-11(4-5-13(12)18)20-8-6-10-3-1-2-7-19-10/h1-5,7,9H,6,8,18H2. The molecule has 20 heavy (non-hydrogen) atoms. The van der Waals surface area contributed by atoms with E-state index >= 15 is 0 Å². The topological polar surface area (TPSA) is 48.1 Å². The van der Waals surface area contributed by atoms with Gasteiger partial charge in [0, 0.05) is 24.0 Å². The van der Waals surface area contributed by atoms with Crippen molar-refractivity contribution in [3.8, 4) is 5.75 Å². The number of halogens is 3. The monoisotopic (exact) mass is 282 g/mol. The third kappa shape index (κ3) is 3.63. The van der Waals surface area contributed by atoms with E-state index in [0.29, 0.717) is 6.42 Å². The van der Waals surface area contributed by atoms with E-state index in [4.69, 9.17) is 10.5 Å². The summed E-state index contributed by atoms with van der Waals surface area (Å²) in [4.78, 5) is 4.10. The van der Waals surface area contributed by atoms with E-state index in [9.17, 15) is 13.2 Å². The molecule has 1 heterocycles. The van der Waals surface area contributed by atoms with Crippen LogP contribution in [0.2, 0.25) is 0 Å². The maximum atomic E-state index is 12.7. The van der Waals surface area contributed by atoms with E-state index in [1.54, 1.807) is 12.3 Å². The highest BCUT2D eigenvalue weighted by Crippen LogP contribution is 2.35. The second-order valence-corrected chi connectivity index (χ2v) is 4.17. The number of aromatic nitrogens is 1. The van der Waals surface area contributed by atoms with Gasteiger partial charge in [-0.05, 0) is 30.3 Å². The first-order chi connectivity index (χ1) is 9.47. The van der Waals surface area contributed by atoms with Crippen molar-refractivity contribution < 1.29 is 17.9 Å². The summed E-state index contributed by atoms with van der Waals surface area (Å²) in [5.41, 5.74) is 4.94. The molecule has 2 N–H and O–H groups in total. The van der Waals surface area contributed by atoms with E-state index in [1.807, 2.05) is 12.1 Å². The van der Waals surface area contributed by atoms with Gasteiger partial charge in [0.15, 0.2) is 0 Å². The molecule has 1 aromatic heterocycles. The molecule has 3 nitrogen and oxygen atoms in total. The lowest BCUT2D eigenvalue weighted by molar-refractivity contribution is -0.137. The van der Waals surface area contributed by atoms with Crippen LogP contribution < -0.4 is 10.5 Å². The summed E-state index contributed by atoms with van der Waals surface area (Å²) >= 11 is 0. The molecule has 2 rings (SSSR count). The van der Waals surface area contributed by atoms with Crippen LogP contribution in [0, 0.1) is 0 Å². The highest BCUT2D eigenvalue weighted by Gasteiger charge is 2.33. The number of hydrogen-bond donors (Lipinski definition) is 1. The molecule has 6 heteroatoms. The third-order valence-corrected chi connectivity index (χ3v) is 2.68. The van der Waals surface area contributed by atoms with E-state index in [1.165, 1.54) is 12.1 Å². The van der Waals surface area contributed by atoms with Crippen molar-refractivity contribution in [2.24, 2.45) is 0 Å². The molecular formula is C14H13F3N2O. The van der Waals surface area contributed by atoms with Crippen molar-refractivity contribution in [1.29, 1.82) is 0 Å². The summed E-state index contributed by atoms with van der Waals surface area (Å²) in [6.07, 6.45) is -2.31. The quantitative estimate of drug-likeness (QED) is 0.875. The molecule has 0 saturated heterocycles. The molecule has 0 saturated carbocycles. The number of hydrogen-bond acceptors (Lipinski definition) is 3. The minimum absolute atomic E-state index is 0.141. The van der Waals surface area contributed by atoms with Gasteiger partial charge < -0.3 is 10.5 Å². The Morgan fingerprint density at radius 3 is 2.60 bits per heavy atom. The van der Waals surface area contributed by atoms with Gasteiger partial charge in [0.1, 0.15) is 5.75 Å². The number of nitrogens with two attached hydrogens (primary N) is 1. The van der Waals surface area contributed by atoms with Gasteiger partial charge in [-0.3, -0.25) is 4.98 Å². The predicted octanol–water partition coefficient (Wildman–Crippen LogP) is 3.30. The Bertz CT molecular complexity index is 570. The fourth-order valence-corrected chi connectivity index (χ4v) is 1.69. The predicted molar refractivity (Wildman–Crippen MR) is 69.3 cm³/mol. The van der Waals surface area contributed by atoms with Crippen LogP contribution in [-0.2, 0) is 12.6 Å². The van der Waals surface area contributed by atoms with Crippen LogP contribution in [0.1, 0.15) is 11.3 Å². The van der Waals surface area contributed by atoms with Crippen molar-refractivity contribution in [2.45, 2.75) is 12.6 Å². The average Bonchev–Trinajstić information content (AvgIpc) is 2.40. The Morgan fingerprint density at radius 2 is 1.95 bits per heavy atom. The number of anilines is 1. The highest BCUT2D eigenvalue weighted by molar-refractivity contribution is 5.51. The van der Waals surface area contributed by atoms with Crippen molar-refractivity contribution in [3.05, 3.63) is 53.9 Å². The summed E-state index contributed by atoms with van der Waals surface area (Å²) in [7, 11) is 0. The number of nitrogen functional groups attached to an aromatic ring is 1. The van der Waals surface area contributed by atoms with E-state index in [0.717, 1.165) is 11.8 Å². The lowest BCUT2D eigenvalue weighted by Crippen LogP contribution is -2.10.